The molecule has 0 saturated carbocycles. The highest BCUT2D eigenvalue weighted by Gasteiger charge is 2.04. The van der Waals surface area contributed by atoms with Gasteiger partial charge in [0, 0.05) is 5.02 Å². The van der Waals surface area contributed by atoms with Crippen molar-refractivity contribution < 1.29 is 0 Å². The molecule has 2 aromatic carbocycles. The van der Waals surface area contributed by atoms with Gasteiger partial charge in [-0.05, 0) is 42.8 Å². The van der Waals surface area contributed by atoms with Crippen LogP contribution in [0.25, 0.3) is 0 Å². The largest absolute Gasteiger partial charge is 0.397 e. The molecule has 2 aromatic rings. The summed E-state index contributed by atoms with van der Waals surface area (Å²) in [5.74, 6) is 0. The van der Waals surface area contributed by atoms with E-state index < -0.39 is 0 Å². The van der Waals surface area contributed by atoms with E-state index in [0.717, 1.165) is 16.9 Å². The highest BCUT2D eigenvalue weighted by atomic mass is 35.5. The Balaban J connectivity index is 2.34. The Hall–Kier alpha value is -1.38. The predicted molar refractivity (Wildman–Crippen MR) is 75.3 cm³/mol. The third-order valence-corrected chi connectivity index (χ3v) is 2.97. The molecular weight excluding hydrogens is 255 g/mol. The van der Waals surface area contributed by atoms with Crippen LogP contribution in [0.2, 0.25) is 10.0 Å². The summed E-state index contributed by atoms with van der Waals surface area (Å²) in [5, 5.41) is 4.46. The zero-order valence-corrected chi connectivity index (χ0v) is 10.8. The van der Waals surface area contributed by atoms with E-state index in [9.17, 15) is 0 Å². The van der Waals surface area contributed by atoms with Gasteiger partial charge in [0.05, 0.1) is 22.1 Å². The molecule has 88 valence electrons. The monoisotopic (exact) mass is 266 g/mol. The molecule has 0 saturated heterocycles. The number of benzene rings is 2. The van der Waals surface area contributed by atoms with E-state index in [1.165, 1.54) is 0 Å². The van der Waals surface area contributed by atoms with E-state index in [4.69, 9.17) is 28.9 Å². The van der Waals surface area contributed by atoms with E-state index >= 15 is 0 Å². The van der Waals surface area contributed by atoms with Crippen molar-refractivity contribution in [3.63, 3.8) is 0 Å². The second kappa shape index (κ2) is 4.86. The number of nitrogens with one attached hydrogen (secondary N) is 1. The Morgan fingerprint density at radius 3 is 2.47 bits per heavy atom. The lowest BCUT2D eigenvalue weighted by Crippen LogP contribution is -1.97. The van der Waals surface area contributed by atoms with Crippen molar-refractivity contribution in [3.05, 3.63) is 52.0 Å². The summed E-state index contributed by atoms with van der Waals surface area (Å²) in [6, 6.07) is 11.1. The number of halogens is 2. The summed E-state index contributed by atoms with van der Waals surface area (Å²) < 4.78 is 0. The number of hydrogen-bond donors (Lipinski definition) is 2. The Morgan fingerprint density at radius 1 is 1.00 bits per heavy atom. The third-order valence-electron chi connectivity index (χ3n) is 2.40. The minimum Gasteiger partial charge on any atom is -0.397 e. The molecule has 2 rings (SSSR count). The molecule has 0 unspecified atom stereocenters. The Morgan fingerprint density at radius 2 is 1.76 bits per heavy atom. The molecule has 2 nitrogen and oxygen atoms in total. The number of nitrogens with two attached hydrogens (primary N) is 1. The third kappa shape index (κ3) is 2.84. The van der Waals surface area contributed by atoms with Crippen LogP contribution >= 0.6 is 23.2 Å². The maximum atomic E-state index is 6.10. The van der Waals surface area contributed by atoms with Crippen LogP contribution in [0.4, 0.5) is 17.1 Å². The average Bonchev–Trinajstić information content (AvgIpc) is 2.27. The molecule has 0 amide bonds. The molecule has 0 aliphatic heterocycles. The number of rotatable bonds is 2. The fourth-order valence-electron chi connectivity index (χ4n) is 1.53. The van der Waals surface area contributed by atoms with Crippen molar-refractivity contribution in [1.82, 2.24) is 0 Å². The highest BCUT2D eigenvalue weighted by molar-refractivity contribution is 6.33. The average molecular weight is 267 g/mol. The zero-order chi connectivity index (χ0) is 12.4. The minimum atomic E-state index is 0.593. The maximum absolute atomic E-state index is 6.10. The molecule has 4 heteroatoms. The van der Waals surface area contributed by atoms with Crippen molar-refractivity contribution in [3.8, 4) is 0 Å². The van der Waals surface area contributed by atoms with Gasteiger partial charge in [-0.25, -0.2) is 0 Å². The van der Waals surface area contributed by atoms with Gasteiger partial charge in [-0.1, -0.05) is 29.3 Å². The first-order valence-electron chi connectivity index (χ1n) is 5.14. The van der Waals surface area contributed by atoms with Crippen molar-refractivity contribution >= 4 is 40.3 Å². The van der Waals surface area contributed by atoms with Crippen LogP contribution in [0.3, 0.4) is 0 Å². The number of anilines is 3. The van der Waals surface area contributed by atoms with Crippen molar-refractivity contribution in [2.24, 2.45) is 0 Å². The van der Waals surface area contributed by atoms with Crippen molar-refractivity contribution in [2.75, 3.05) is 11.1 Å². The second-order valence-corrected chi connectivity index (χ2v) is 4.68. The number of nitrogen functional groups attached to an aromatic ring is 1. The first kappa shape index (κ1) is 12.1. The molecule has 0 bridgehead atoms. The smallest absolute Gasteiger partial charge is 0.0641 e. The lowest BCUT2D eigenvalue weighted by atomic mass is 10.2. The molecule has 0 spiro atoms. The summed E-state index contributed by atoms with van der Waals surface area (Å²) >= 11 is 11.9. The van der Waals surface area contributed by atoms with Crippen molar-refractivity contribution in [1.29, 1.82) is 0 Å². The summed E-state index contributed by atoms with van der Waals surface area (Å²) in [6.45, 7) is 2.01. The van der Waals surface area contributed by atoms with Gasteiger partial charge >= 0.3 is 0 Å². The van der Waals surface area contributed by atoms with Gasteiger partial charge < -0.3 is 11.1 Å². The highest BCUT2D eigenvalue weighted by Crippen LogP contribution is 2.30. The lowest BCUT2D eigenvalue weighted by molar-refractivity contribution is 1.45. The van der Waals surface area contributed by atoms with Crippen LogP contribution in [0, 0.1) is 6.92 Å². The van der Waals surface area contributed by atoms with Gasteiger partial charge in [0.15, 0.2) is 0 Å². The van der Waals surface area contributed by atoms with Gasteiger partial charge in [-0.3, -0.25) is 0 Å². The van der Waals surface area contributed by atoms with Gasteiger partial charge in [-0.15, -0.1) is 0 Å². The fourth-order valence-corrected chi connectivity index (χ4v) is 1.87. The van der Waals surface area contributed by atoms with Gasteiger partial charge in [0.1, 0.15) is 0 Å². The molecule has 0 atom stereocenters. The zero-order valence-electron chi connectivity index (χ0n) is 9.30. The lowest BCUT2D eigenvalue weighted by Gasteiger charge is -2.11. The quantitative estimate of drug-likeness (QED) is 0.778. The molecule has 3 N–H and O–H groups in total. The van der Waals surface area contributed by atoms with Gasteiger partial charge in [-0.2, -0.15) is 0 Å². The Labute approximate surface area is 110 Å². The molecule has 17 heavy (non-hydrogen) atoms. The summed E-state index contributed by atoms with van der Waals surface area (Å²) in [4.78, 5) is 0. The topological polar surface area (TPSA) is 38.0 Å². The molecule has 0 aliphatic carbocycles. The first-order valence-corrected chi connectivity index (χ1v) is 5.90. The van der Waals surface area contributed by atoms with Crippen LogP contribution in [0.15, 0.2) is 36.4 Å². The summed E-state index contributed by atoms with van der Waals surface area (Å²) in [6.07, 6.45) is 0. The molecule has 0 aromatic heterocycles. The summed E-state index contributed by atoms with van der Waals surface area (Å²) in [7, 11) is 0. The van der Waals surface area contributed by atoms with Crippen LogP contribution in [-0.2, 0) is 0 Å². The van der Waals surface area contributed by atoms with Crippen LogP contribution in [0.5, 0.6) is 0 Å². The number of hydrogen-bond acceptors (Lipinski definition) is 2. The molecule has 0 fully saturated rings. The Bertz CT molecular complexity index is 553. The minimum absolute atomic E-state index is 0.593. The number of aryl methyl sites for hydroxylation is 1. The normalized spacial score (nSPS) is 10.3. The predicted octanol–water partition coefficient (Wildman–Crippen LogP) is 4.63. The van der Waals surface area contributed by atoms with E-state index in [1.807, 2.05) is 31.2 Å². The van der Waals surface area contributed by atoms with E-state index in [2.05, 4.69) is 5.32 Å². The van der Waals surface area contributed by atoms with Gasteiger partial charge in [0.2, 0.25) is 0 Å². The first-order chi connectivity index (χ1) is 8.06. The van der Waals surface area contributed by atoms with Crippen LogP contribution in [0.1, 0.15) is 5.56 Å². The van der Waals surface area contributed by atoms with E-state index in [-0.39, 0.29) is 0 Å². The molecule has 0 heterocycles. The van der Waals surface area contributed by atoms with Crippen LogP contribution in [-0.4, -0.2) is 0 Å². The Kier molecular flexibility index (Phi) is 3.46. The summed E-state index contributed by atoms with van der Waals surface area (Å²) in [5.41, 5.74) is 9.22. The van der Waals surface area contributed by atoms with E-state index in [0.29, 0.717) is 15.7 Å². The fraction of sp³-hybridized carbons (Fsp3) is 0.0769. The van der Waals surface area contributed by atoms with E-state index in [1.54, 1.807) is 12.1 Å². The molecule has 0 aliphatic rings. The standard InChI is InChI=1S/C13H12Cl2N2/c1-8-2-4-10(15)13(6-8)17-12-5-3-9(14)7-11(12)16/h2-7,17H,16H2,1H3. The van der Waals surface area contributed by atoms with Crippen LogP contribution < -0.4 is 11.1 Å². The second-order valence-electron chi connectivity index (χ2n) is 3.84. The molecular formula is C13H12Cl2N2. The molecule has 0 radical (unpaired) electrons. The van der Waals surface area contributed by atoms with Crippen molar-refractivity contribution in [2.45, 2.75) is 6.92 Å². The van der Waals surface area contributed by atoms with Gasteiger partial charge in [0.25, 0.3) is 0 Å². The maximum Gasteiger partial charge on any atom is 0.0641 e. The SMILES string of the molecule is Cc1ccc(Cl)c(Nc2ccc(Cl)cc2N)c1.